The van der Waals surface area contributed by atoms with E-state index >= 15 is 0 Å². The van der Waals surface area contributed by atoms with Crippen LogP contribution in [0.15, 0.2) is 35.7 Å². The second-order valence-corrected chi connectivity index (χ2v) is 4.79. The smallest absolute Gasteiger partial charge is 0.119 e. The number of hydrogen-bond donors (Lipinski definition) is 2. The van der Waals surface area contributed by atoms with Gasteiger partial charge in [-0.25, -0.2) is 5.43 Å². The Labute approximate surface area is 105 Å². The summed E-state index contributed by atoms with van der Waals surface area (Å²) in [5, 5.41) is 2.08. The Morgan fingerprint density at radius 1 is 1.35 bits per heavy atom. The highest BCUT2D eigenvalue weighted by molar-refractivity contribution is 7.10. The zero-order valence-electron chi connectivity index (χ0n) is 9.94. The van der Waals surface area contributed by atoms with E-state index in [0.29, 0.717) is 0 Å². The monoisotopic (exact) mass is 248 g/mol. The summed E-state index contributed by atoms with van der Waals surface area (Å²) in [4.78, 5) is 1.24. The van der Waals surface area contributed by atoms with E-state index in [1.807, 2.05) is 24.3 Å². The molecule has 90 valence electrons. The predicted molar refractivity (Wildman–Crippen MR) is 71.2 cm³/mol. The van der Waals surface area contributed by atoms with Crippen molar-refractivity contribution >= 4 is 11.3 Å². The molecular formula is C13H16N2OS. The SMILES string of the molecule is COc1cccc(C(NN)c2sccc2C)c1. The third-order valence-electron chi connectivity index (χ3n) is 2.76. The Bertz CT molecular complexity index is 496. The van der Waals surface area contributed by atoms with Gasteiger partial charge in [0, 0.05) is 4.88 Å². The van der Waals surface area contributed by atoms with E-state index in [9.17, 15) is 0 Å². The molecule has 2 aromatic rings. The number of methoxy groups -OCH3 is 1. The first-order chi connectivity index (χ1) is 8.26. The van der Waals surface area contributed by atoms with Crippen LogP contribution in [-0.2, 0) is 0 Å². The molecule has 0 fully saturated rings. The molecule has 0 spiro atoms. The Hall–Kier alpha value is -1.36. The van der Waals surface area contributed by atoms with Gasteiger partial charge in [-0.15, -0.1) is 11.3 Å². The normalized spacial score (nSPS) is 12.4. The molecule has 0 amide bonds. The van der Waals surface area contributed by atoms with Gasteiger partial charge >= 0.3 is 0 Å². The van der Waals surface area contributed by atoms with Crippen LogP contribution in [0, 0.1) is 6.92 Å². The number of benzene rings is 1. The molecule has 3 nitrogen and oxygen atoms in total. The minimum Gasteiger partial charge on any atom is -0.497 e. The first kappa shape index (κ1) is 12.1. The fourth-order valence-electron chi connectivity index (χ4n) is 1.82. The van der Waals surface area contributed by atoms with E-state index in [1.54, 1.807) is 18.4 Å². The lowest BCUT2D eigenvalue weighted by Gasteiger charge is -2.16. The van der Waals surface area contributed by atoms with Crippen molar-refractivity contribution in [2.45, 2.75) is 13.0 Å². The summed E-state index contributed by atoms with van der Waals surface area (Å²) < 4.78 is 5.23. The fraction of sp³-hybridized carbons (Fsp3) is 0.231. The average molecular weight is 248 g/mol. The summed E-state index contributed by atoms with van der Waals surface area (Å²) in [6.45, 7) is 2.09. The quantitative estimate of drug-likeness (QED) is 0.646. The third kappa shape index (κ3) is 2.49. The Morgan fingerprint density at radius 2 is 2.18 bits per heavy atom. The van der Waals surface area contributed by atoms with Gasteiger partial charge in [-0.2, -0.15) is 0 Å². The van der Waals surface area contributed by atoms with Crippen molar-refractivity contribution in [2.75, 3.05) is 7.11 Å². The third-order valence-corrected chi connectivity index (χ3v) is 3.84. The number of hydrazine groups is 1. The number of ether oxygens (including phenoxy) is 1. The van der Waals surface area contributed by atoms with Gasteiger partial charge in [-0.1, -0.05) is 12.1 Å². The van der Waals surface area contributed by atoms with Gasteiger partial charge in [0.15, 0.2) is 0 Å². The Morgan fingerprint density at radius 3 is 2.76 bits per heavy atom. The molecule has 1 heterocycles. The molecule has 1 aromatic carbocycles. The van der Waals surface area contributed by atoms with Crippen molar-refractivity contribution in [1.29, 1.82) is 0 Å². The van der Waals surface area contributed by atoms with Gasteiger partial charge < -0.3 is 4.74 Å². The van der Waals surface area contributed by atoms with Crippen molar-refractivity contribution in [3.63, 3.8) is 0 Å². The molecule has 0 saturated heterocycles. The van der Waals surface area contributed by atoms with Gasteiger partial charge in [0.1, 0.15) is 5.75 Å². The molecule has 0 aliphatic carbocycles. The molecule has 17 heavy (non-hydrogen) atoms. The molecule has 0 radical (unpaired) electrons. The second kappa shape index (κ2) is 5.31. The number of nitrogens with one attached hydrogen (secondary N) is 1. The predicted octanol–water partition coefficient (Wildman–Crippen LogP) is 2.62. The number of thiophene rings is 1. The van der Waals surface area contributed by atoms with Crippen molar-refractivity contribution in [1.82, 2.24) is 5.43 Å². The summed E-state index contributed by atoms with van der Waals surface area (Å²) in [5.74, 6) is 6.52. The molecular weight excluding hydrogens is 232 g/mol. The van der Waals surface area contributed by atoms with Crippen LogP contribution in [0.25, 0.3) is 0 Å². The molecule has 0 aliphatic rings. The van der Waals surface area contributed by atoms with Crippen LogP contribution in [0.1, 0.15) is 22.0 Å². The lowest BCUT2D eigenvalue weighted by molar-refractivity contribution is 0.413. The van der Waals surface area contributed by atoms with Gasteiger partial charge in [0.25, 0.3) is 0 Å². The maximum atomic E-state index is 5.67. The molecule has 0 aliphatic heterocycles. The topological polar surface area (TPSA) is 47.3 Å². The van der Waals surface area contributed by atoms with Crippen molar-refractivity contribution in [3.8, 4) is 5.75 Å². The molecule has 1 aromatic heterocycles. The van der Waals surface area contributed by atoms with E-state index in [-0.39, 0.29) is 6.04 Å². The van der Waals surface area contributed by atoms with E-state index in [4.69, 9.17) is 10.6 Å². The molecule has 4 heteroatoms. The summed E-state index contributed by atoms with van der Waals surface area (Å²) in [7, 11) is 1.67. The van der Waals surface area contributed by atoms with Crippen LogP contribution in [0.3, 0.4) is 0 Å². The van der Waals surface area contributed by atoms with E-state index < -0.39 is 0 Å². The number of aryl methyl sites for hydroxylation is 1. The van der Waals surface area contributed by atoms with Crippen LogP contribution < -0.4 is 16.0 Å². The van der Waals surface area contributed by atoms with Crippen LogP contribution in [0.2, 0.25) is 0 Å². The highest BCUT2D eigenvalue weighted by Crippen LogP contribution is 2.30. The van der Waals surface area contributed by atoms with Crippen LogP contribution >= 0.6 is 11.3 Å². The minimum atomic E-state index is 0.0186. The van der Waals surface area contributed by atoms with E-state index in [2.05, 4.69) is 23.8 Å². The van der Waals surface area contributed by atoms with Gasteiger partial charge in [-0.05, 0) is 41.6 Å². The van der Waals surface area contributed by atoms with Gasteiger partial charge in [0.05, 0.1) is 13.2 Å². The van der Waals surface area contributed by atoms with E-state index in [1.165, 1.54) is 10.4 Å². The van der Waals surface area contributed by atoms with E-state index in [0.717, 1.165) is 11.3 Å². The van der Waals surface area contributed by atoms with Crippen LogP contribution in [0.5, 0.6) is 5.75 Å². The summed E-state index contributed by atoms with van der Waals surface area (Å²) in [5.41, 5.74) is 5.23. The molecule has 0 saturated carbocycles. The zero-order valence-corrected chi connectivity index (χ0v) is 10.8. The maximum Gasteiger partial charge on any atom is 0.119 e. The Balaban J connectivity index is 2.38. The standard InChI is InChI=1S/C13H16N2OS/c1-9-6-7-17-13(9)12(15-14)10-4-3-5-11(8-10)16-2/h3-8,12,15H,14H2,1-2H3. The largest absolute Gasteiger partial charge is 0.497 e. The van der Waals surface area contributed by atoms with Crippen molar-refractivity contribution in [3.05, 3.63) is 51.7 Å². The lowest BCUT2D eigenvalue weighted by atomic mass is 10.0. The number of nitrogens with two attached hydrogens (primary N) is 1. The number of hydrogen-bond acceptors (Lipinski definition) is 4. The maximum absolute atomic E-state index is 5.67. The molecule has 2 rings (SSSR count). The molecule has 0 bridgehead atoms. The Kier molecular flexibility index (Phi) is 3.78. The molecule has 3 N–H and O–H groups in total. The van der Waals surface area contributed by atoms with Gasteiger partial charge in [-0.3, -0.25) is 5.84 Å². The summed E-state index contributed by atoms with van der Waals surface area (Å²) in [6, 6.07) is 10.1. The van der Waals surface area contributed by atoms with Crippen LogP contribution in [0.4, 0.5) is 0 Å². The summed E-state index contributed by atoms with van der Waals surface area (Å²) in [6.07, 6.45) is 0. The lowest BCUT2D eigenvalue weighted by Crippen LogP contribution is -2.28. The summed E-state index contributed by atoms with van der Waals surface area (Å²) >= 11 is 1.71. The first-order valence-electron chi connectivity index (χ1n) is 5.40. The average Bonchev–Trinajstić information content (AvgIpc) is 2.77. The van der Waals surface area contributed by atoms with Gasteiger partial charge in [0.2, 0.25) is 0 Å². The van der Waals surface area contributed by atoms with Crippen molar-refractivity contribution in [2.24, 2.45) is 5.84 Å². The number of rotatable bonds is 4. The van der Waals surface area contributed by atoms with Crippen LogP contribution in [-0.4, -0.2) is 7.11 Å². The molecule has 1 unspecified atom stereocenters. The fourth-order valence-corrected chi connectivity index (χ4v) is 2.84. The van der Waals surface area contributed by atoms with Crippen molar-refractivity contribution < 1.29 is 4.74 Å². The zero-order chi connectivity index (χ0) is 12.3. The molecule has 1 atom stereocenters. The minimum absolute atomic E-state index is 0.0186. The highest BCUT2D eigenvalue weighted by Gasteiger charge is 2.16. The first-order valence-corrected chi connectivity index (χ1v) is 6.28. The highest BCUT2D eigenvalue weighted by atomic mass is 32.1. The second-order valence-electron chi connectivity index (χ2n) is 3.84.